The third-order valence-corrected chi connectivity index (χ3v) is 26.5. The van der Waals surface area contributed by atoms with E-state index >= 15 is 0 Å². The molecule has 6 nitrogen and oxygen atoms in total. The van der Waals surface area contributed by atoms with E-state index in [0.717, 1.165) is 42.8 Å². The smallest absolute Gasteiger partial charge is 0.0824 e. The van der Waals surface area contributed by atoms with Gasteiger partial charge in [0.25, 0.3) is 0 Å². The minimum Gasteiger partial charge on any atom is -0.392 e. The highest BCUT2D eigenvalue weighted by Crippen LogP contribution is 2.59. The summed E-state index contributed by atoms with van der Waals surface area (Å²) in [5.41, 5.74) is 3.46. The molecule has 14 rings (SSSR count). The third-order valence-electron chi connectivity index (χ3n) is 24.8. The largest absolute Gasteiger partial charge is 0.392 e. The Morgan fingerprint density at radius 1 is 0.458 bits per heavy atom. The Morgan fingerprint density at radius 3 is 1.74 bits per heavy atom. The fourth-order valence-corrected chi connectivity index (χ4v) is 23.4. The number of rotatable bonds is 9. The molecule has 400 valence electrons. The normalized spacial score (nSPS) is 51.5. The highest BCUT2D eigenvalue weighted by Gasteiger charge is 2.60. The Morgan fingerprint density at radius 2 is 1.07 bits per heavy atom. The number of nitrogens with zero attached hydrogens (tertiary/aromatic N) is 2. The molecular formula is C65H100N2O4S. The fourth-order valence-electron chi connectivity index (χ4n) is 21.6. The van der Waals surface area contributed by atoms with E-state index in [-0.39, 0.29) is 6.10 Å². The predicted octanol–water partition coefficient (Wildman–Crippen LogP) is 13.9. The van der Waals surface area contributed by atoms with E-state index in [1.54, 1.807) is 11.1 Å². The summed E-state index contributed by atoms with van der Waals surface area (Å²) in [5.74, 6) is 8.01. The summed E-state index contributed by atoms with van der Waals surface area (Å²) in [5, 5.41) is 14.3. The van der Waals surface area contributed by atoms with Crippen LogP contribution in [0.15, 0.2) is 35.5 Å². The topological polar surface area (TPSA) is 54.4 Å². The average Bonchev–Trinajstić information content (AvgIpc) is 4.29. The van der Waals surface area contributed by atoms with Gasteiger partial charge in [-0.2, -0.15) is 11.8 Å². The summed E-state index contributed by atoms with van der Waals surface area (Å²) in [6.07, 6.45) is 51.6. The van der Waals surface area contributed by atoms with Crippen molar-refractivity contribution in [3.05, 3.63) is 35.5 Å². The van der Waals surface area contributed by atoms with Gasteiger partial charge in [0, 0.05) is 52.7 Å². The first kappa shape index (κ1) is 49.6. The number of hydrogen-bond acceptors (Lipinski definition) is 7. The number of thioether (sulfide) groups is 1. The van der Waals surface area contributed by atoms with Gasteiger partial charge < -0.3 is 19.3 Å². The minimum absolute atomic E-state index is 0.180. The van der Waals surface area contributed by atoms with Gasteiger partial charge in [-0.25, -0.2) is 0 Å². The molecule has 0 aromatic carbocycles. The molecule has 1 N–H and O–H groups in total. The van der Waals surface area contributed by atoms with Crippen LogP contribution in [0.3, 0.4) is 0 Å². The number of aliphatic hydroxyl groups is 1. The maximum atomic E-state index is 13.3. The first-order valence-electron chi connectivity index (χ1n) is 32.3. The molecule has 0 radical (unpaired) electrons. The van der Waals surface area contributed by atoms with E-state index in [4.69, 9.17) is 14.2 Å². The molecule has 11 fully saturated rings. The molecule has 14 aliphatic rings. The van der Waals surface area contributed by atoms with Crippen LogP contribution in [-0.4, -0.2) is 105 Å². The van der Waals surface area contributed by atoms with Crippen molar-refractivity contribution in [3.8, 4) is 0 Å². The van der Waals surface area contributed by atoms with Gasteiger partial charge in [-0.1, -0.05) is 76.7 Å². The molecule has 0 spiro atoms. The van der Waals surface area contributed by atoms with Gasteiger partial charge in [0.2, 0.25) is 0 Å². The van der Waals surface area contributed by atoms with Crippen LogP contribution in [0.4, 0.5) is 0 Å². The maximum Gasteiger partial charge on any atom is 0.0824 e. The summed E-state index contributed by atoms with van der Waals surface area (Å²) in [6.45, 7) is 6.94. The third kappa shape index (κ3) is 8.94. The SMILES string of the molecule is CC1CCC(N(C2CC(C3C[C@@H](N(C4CCC(C)C4)C4CCCC5C6CCC=C([C@H]7CC=CCC7)C6OC54)C4COCC4S3)C(O)C3CCCCC32)C2CCCC3C4CCC=C(C5CCCC5)C4OC32)CC1. The zero-order valence-electron chi connectivity index (χ0n) is 45.3. The Kier molecular flexibility index (Phi) is 14.6. The second kappa shape index (κ2) is 21.2. The standard InChI is InChI=1S/C65H100N2O4S/c1-39-28-31-43(32-29-39)66(55-26-12-24-51-49-22-11-21-46(42-16-6-7-17-42)63(49)70-64(51)55)57-35-53(61(68)48-19-9-8-18-47(48)57)59-36-58(54-37-69-38-60(54)72-59)67(44-33-30-40(2)34-44)56-27-13-25-52-50-23-10-20-45(62(50)71-65(52)56)41-14-4-3-5-15-41/h3-4,20-21,39-44,47-65,68H,5-19,22-38H2,1-2H3/t39?,40?,41-,43?,44?,47?,48?,49?,50?,51?,52?,53?,54?,55?,56?,57?,58+,59?,60?,61?,62?,63?,64?,65?/m0/s1. The van der Waals surface area contributed by atoms with Crippen molar-refractivity contribution < 1.29 is 19.3 Å². The molecule has 10 aliphatic carbocycles. The minimum atomic E-state index is -0.180. The Balaban J connectivity index is 0.785. The van der Waals surface area contributed by atoms with Crippen LogP contribution in [0, 0.1) is 71.0 Å². The summed E-state index contributed by atoms with van der Waals surface area (Å²) < 4.78 is 22.3. The van der Waals surface area contributed by atoms with E-state index in [0.29, 0.717) is 113 Å². The fraction of sp³-hybridized carbons (Fsp3) is 0.908. The van der Waals surface area contributed by atoms with Crippen molar-refractivity contribution >= 4 is 11.8 Å². The van der Waals surface area contributed by atoms with E-state index in [1.165, 1.54) is 193 Å². The van der Waals surface area contributed by atoms with Crippen LogP contribution in [-0.2, 0) is 14.2 Å². The molecule has 4 saturated heterocycles. The number of ether oxygens (including phenoxy) is 3. The first-order chi connectivity index (χ1) is 35.4. The highest BCUT2D eigenvalue weighted by molar-refractivity contribution is 8.00. The van der Waals surface area contributed by atoms with Crippen LogP contribution < -0.4 is 0 Å². The molecule has 4 aliphatic heterocycles. The van der Waals surface area contributed by atoms with Gasteiger partial charge in [-0.3, -0.25) is 9.80 Å². The van der Waals surface area contributed by atoms with Gasteiger partial charge in [-0.05, 0) is 230 Å². The van der Waals surface area contributed by atoms with Crippen molar-refractivity contribution in [1.82, 2.24) is 9.80 Å². The van der Waals surface area contributed by atoms with Crippen molar-refractivity contribution in [2.24, 2.45) is 71.0 Å². The molecule has 0 aromatic heterocycles. The molecule has 7 saturated carbocycles. The molecule has 4 heterocycles. The molecule has 22 atom stereocenters. The van der Waals surface area contributed by atoms with Crippen LogP contribution in [0.5, 0.6) is 0 Å². The van der Waals surface area contributed by atoms with E-state index in [1.807, 2.05) is 0 Å². The second-order valence-electron chi connectivity index (χ2n) is 28.4. The lowest BCUT2D eigenvalue weighted by atomic mass is 9.61. The van der Waals surface area contributed by atoms with Crippen LogP contribution in [0.25, 0.3) is 0 Å². The zero-order valence-corrected chi connectivity index (χ0v) is 46.2. The number of allylic oxidation sites excluding steroid dienone is 4. The van der Waals surface area contributed by atoms with Gasteiger partial charge in [0.05, 0.1) is 43.7 Å². The molecule has 72 heavy (non-hydrogen) atoms. The Bertz CT molecular complexity index is 1970. The van der Waals surface area contributed by atoms with Gasteiger partial charge >= 0.3 is 0 Å². The van der Waals surface area contributed by atoms with Crippen molar-refractivity contribution in [3.63, 3.8) is 0 Å². The van der Waals surface area contributed by atoms with Crippen molar-refractivity contribution in [2.75, 3.05) is 13.2 Å². The van der Waals surface area contributed by atoms with Crippen LogP contribution in [0.2, 0.25) is 0 Å². The van der Waals surface area contributed by atoms with Gasteiger partial charge in [-0.15, -0.1) is 0 Å². The number of fused-ring (bicyclic) bond motifs is 8. The van der Waals surface area contributed by atoms with Crippen molar-refractivity contribution in [1.29, 1.82) is 0 Å². The Labute approximate surface area is 442 Å². The summed E-state index contributed by atoms with van der Waals surface area (Å²) in [7, 11) is 0. The predicted molar refractivity (Wildman–Crippen MR) is 293 cm³/mol. The van der Waals surface area contributed by atoms with E-state index in [2.05, 4.69) is 59.7 Å². The first-order valence-corrected chi connectivity index (χ1v) is 33.2. The average molecular weight is 1010 g/mol. The highest BCUT2D eigenvalue weighted by atomic mass is 32.2. The monoisotopic (exact) mass is 1000 g/mol. The lowest BCUT2D eigenvalue weighted by Crippen LogP contribution is -2.65. The summed E-state index contributed by atoms with van der Waals surface area (Å²) in [6, 6.07) is 3.47. The molecule has 0 bridgehead atoms. The number of hydrogen-bond donors (Lipinski definition) is 1. The summed E-state index contributed by atoms with van der Waals surface area (Å²) in [4.78, 5) is 6.59. The maximum absolute atomic E-state index is 13.3. The molecule has 7 heteroatoms. The molecular weight excluding hydrogens is 905 g/mol. The molecule has 0 amide bonds. The molecule has 20 unspecified atom stereocenters. The van der Waals surface area contributed by atoms with Gasteiger partial charge in [0.15, 0.2) is 0 Å². The van der Waals surface area contributed by atoms with Crippen LogP contribution in [0.1, 0.15) is 206 Å². The zero-order chi connectivity index (χ0) is 48.0. The second-order valence-corrected chi connectivity index (χ2v) is 29.9. The Hall–Kier alpha value is -0.670. The lowest BCUT2D eigenvalue weighted by molar-refractivity contribution is -0.130. The van der Waals surface area contributed by atoms with E-state index in [9.17, 15) is 5.11 Å². The summed E-state index contributed by atoms with van der Waals surface area (Å²) >= 11 is 2.34. The van der Waals surface area contributed by atoms with Crippen molar-refractivity contribution in [2.45, 2.75) is 284 Å². The van der Waals surface area contributed by atoms with E-state index < -0.39 is 0 Å². The van der Waals surface area contributed by atoms with Crippen LogP contribution >= 0.6 is 11.8 Å². The van der Waals surface area contributed by atoms with Gasteiger partial charge in [0.1, 0.15) is 0 Å². The number of aliphatic hydroxyl groups excluding tert-OH is 1. The quantitative estimate of drug-likeness (QED) is 0.231. The lowest BCUT2D eigenvalue weighted by Gasteiger charge is -2.59. The molecule has 0 aromatic rings.